The van der Waals surface area contributed by atoms with Crippen LogP contribution in [0.25, 0.3) is 0 Å². The minimum Gasteiger partial charge on any atom is -0.468 e. The smallest absolute Gasteiger partial charge is 0.325 e. The summed E-state index contributed by atoms with van der Waals surface area (Å²) in [5.74, 6) is -1.46. The molecule has 0 unspecified atom stereocenters. The Morgan fingerprint density at radius 2 is 1.84 bits per heavy atom. The van der Waals surface area contributed by atoms with Crippen LogP contribution in [-0.4, -0.2) is 70.9 Å². The van der Waals surface area contributed by atoms with Crippen molar-refractivity contribution in [3.63, 3.8) is 0 Å². The number of urea groups is 1. The number of methoxy groups -OCH3 is 1. The van der Waals surface area contributed by atoms with E-state index in [1.165, 1.54) is 28.2 Å². The van der Waals surface area contributed by atoms with Crippen LogP contribution in [0, 0.1) is 0 Å². The van der Waals surface area contributed by atoms with Crippen LogP contribution in [0.3, 0.4) is 0 Å². The van der Waals surface area contributed by atoms with Gasteiger partial charge in [0.2, 0.25) is 5.91 Å². The molecule has 1 aliphatic heterocycles. The van der Waals surface area contributed by atoms with Gasteiger partial charge in [-0.05, 0) is 26.0 Å². The average molecular weight is 570 g/mol. The van der Waals surface area contributed by atoms with Crippen molar-refractivity contribution >= 4 is 69.0 Å². The predicted octanol–water partition coefficient (Wildman–Crippen LogP) is 4.63. The van der Waals surface area contributed by atoms with Crippen molar-refractivity contribution in [2.24, 2.45) is 0 Å². The molecular formula is C24H29Cl2N5O5S. The van der Waals surface area contributed by atoms with Crippen molar-refractivity contribution in [3.05, 3.63) is 38.9 Å². The van der Waals surface area contributed by atoms with Gasteiger partial charge in [0.25, 0.3) is 5.91 Å². The maximum Gasteiger partial charge on any atom is 0.325 e. The molecule has 37 heavy (non-hydrogen) atoms. The Balaban J connectivity index is 1.90. The molecule has 0 radical (unpaired) electrons. The summed E-state index contributed by atoms with van der Waals surface area (Å²) >= 11 is 13.4. The lowest BCUT2D eigenvalue weighted by Crippen LogP contribution is -2.65. The van der Waals surface area contributed by atoms with Crippen molar-refractivity contribution in [3.8, 4) is 0 Å². The van der Waals surface area contributed by atoms with E-state index in [1.54, 1.807) is 32.0 Å². The van der Waals surface area contributed by atoms with Crippen LogP contribution < -0.4 is 10.6 Å². The number of benzene rings is 1. The first-order valence-corrected chi connectivity index (χ1v) is 13.0. The molecule has 13 heteroatoms. The van der Waals surface area contributed by atoms with Gasteiger partial charge >= 0.3 is 12.0 Å². The summed E-state index contributed by atoms with van der Waals surface area (Å²) in [5.41, 5.74) is -1.35. The quantitative estimate of drug-likeness (QED) is 0.506. The molecule has 2 heterocycles. The highest BCUT2D eigenvalue weighted by Crippen LogP contribution is 2.36. The second kappa shape index (κ2) is 10.8. The highest BCUT2D eigenvalue weighted by atomic mass is 35.5. The van der Waals surface area contributed by atoms with Crippen molar-refractivity contribution in [2.75, 3.05) is 37.4 Å². The lowest BCUT2D eigenvalue weighted by molar-refractivity contribution is -0.154. The molecule has 0 spiro atoms. The molecular weight excluding hydrogens is 541 g/mol. The number of thiazole rings is 1. The number of nitrogens with zero attached hydrogens (tertiary/aromatic N) is 3. The Morgan fingerprint density at radius 1 is 1.16 bits per heavy atom. The molecule has 4 amide bonds. The fraction of sp³-hybridized carbons (Fsp3) is 0.458. The number of esters is 1. The van der Waals surface area contributed by atoms with E-state index in [0.29, 0.717) is 10.7 Å². The number of halogens is 2. The van der Waals surface area contributed by atoms with Crippen LogP contribution in [0.1, 0.15) is 50.1 Å². The van der Waals surface area contributed by atoms with Gasteiger partial charge in [-0.15, -0.1) is 0 Å². The number of carbonyl (C=O) groups is 4. The summed E-state index contributed by atoms with van der Waals surface area (Å²) in [4.78, 5) is 58.8. The fourth-order valence-corrected chi connectivity index (χ4v) is 5.04. The van der Waals surface area contributed by atoms with Crippen molar-refractivity contribution < 1.29 is 23.9 Å². The van der Waals surface area contributed by atoms with Crippen LogP contribution >= 0.6 is 34.5 Å². The Morgan fingerprint density at radius 3 is 2.46 bits per heavy atom. The summed E-state index contributed by atoms with van der Waals surface area (Å²) in [6, 6.07) is 4.19. The lowest BCUT2D eigenvalue weighted by atomic mass is 9.96. The first kappa shape index (κ1) is 28.7. The largest absolute Gasteiger partial charge is 0.468 e. The third-order valence-electron chi connectivity index (χ3n) is 5.77. The van der Waals surface area contributed by atoms with Gasteiger partial charge in [0.05, 0.1) is 22.8 Å². The van der Waals surface area contributed by atoms with Crippen LogP contribution in [0.2, 0.25) is 10.0 Å². The van der Waals surface area contributed by atoms with E-state index in [4.69, 9.17) is 23.2 Å². The number of aromatic nitrogens is 1. The summed E-state index contributed by atoms with van der Waals surface area (Å²) in [6.45, 7) is 9.14. The van der Waals surface area contributed by atoms with Crippen LogP contribution in [-0.2, 0) is 19.7 Å². The molecule has 1 saturated heterocycles. The SMILES string of the molecule is COC(=O)CN1CCN(C(=O)c2nc(C(C)(C)C)sc2NC(=O)Nc2cccc(Cl)c2Cl)C(C)(C)C1=O. The van der Waals surface area contributed by atoms with E-state index in [9.17, 15) is 19.2 Å². The number of ether oxygens (including phenoxy) is 1. The number of anilines is 2. The molecule has 1 fully saturated rings. The molecule has 3 rings (SSSR count). The number of rotatable bonds is 5. The Kier molecular flexibility index (Phi) is 8.40. The molecule has 1 aromatic heterocycles. The first-order chi connectivity index (χ1) is 17.2. The molecule has 10 nitrogen and oxygen atoms in total. The van der Waals surface area contributed by atoms with E-state index >= 15 is 0 Å². The number of piperazine rings is 1. The van der Waals surface area contributed by atoms with Gasteiger partial charge in [-0.3, -0.25) is 19.7 Å². The maximum atomic E-state index is 13.7. The second-order valence-corrected chi connectivity index (χ2v) is 11.7. The van der Waals surface area contributed by atoms with Crippen LogP contribution in [0.4, 0.5) is 15.5 Å². The average Bonchev–Trinajstić information content (AvgIpc) is 3.24. The fourth-order valence-electron chi connectivity index (χ4n) is 3.69. The third kappa shape index (κ3) is 6.16. The van der Waals surface area contributed by atoms with Gasteiger partial charge in [0.15, 0.2) is 5.69 Å². The van der Waals surface area contributed by atoms with Crippen molar-refractivity contribution in [1.82, 2.24) is 14.8 Å². The zero-order valence-corrected chi connectivity index (χ0v) is 23.7. The number of hydrogen-bond acceptors (Lipinski definition) is 7. The van der Waals surface area contributed by atoms with Gasteiger partial charge in [-0.2, -0.15) is 0 Å². The number of amides is 4. The van der Waals surface area contributed by atoms with E-state index in [0.717, 1.165) is 0 Å². The van der Waals surface area contributed by atoms with Gasteiger partial charge in [-0.1, -0.05) is 61.4 Å². The van der Waals surface area contributed by atoms with E-state index in [-0.39, 0.29) is 40.4 Å². The normalized spacial score (nSPS) is 15.4. The molecule has 0 aliphatic carbocycles. The highest BCUT2D eigenvalue weighted by molar-refractivity contribution is 7.16. The molecule has 1 aromatic carbocycles. The van der Waals surface area contributed by atoms with Crippen LogP contribution in [0.15, 0.2) is 18.2 Å². The van der Waals surface area contributed by atoms with Crippen LogP contribution in [0.5, 0.6) is 0 Å². The minimum absolute atomic E-state index is 0.0181. The zero-order valence-electron chi connectivity index (χ0n) is 21.4. The topological polar surface area (TPSA) is 121 Å². The standard InChI is InChI=1S/C24H29Cl2N5O5S/c1-23(2,3)20-28-17(18(37-20)29-22(35)27-14-9-7-8-13(25)16(14)26)19(33)31-11-10-30(12-15(32)36-6)21(34)24(31,4)5/h7-9H,10-12H2,1-6H3,(H2,27,29,35). The zero-order chi connectivity index (χ0) is 27.7. The van der Waals surface area contributed by atoms with E-state index in [1.807, 2.05) is 20.8 Å². The number of carbonyl (C=O) groups excluding carboxylic acids is 4. The van der Waals surface area contributed by atoms with Gasteiger partial charge in [0, 0.05) is 18.5 Å². The van der Waals surface area contributed by atoms with Gasteiger partial charge in [-0.25, -0.2) is 9.78 Å². The van der Waals surface area contributed by atoms with Gasteiger partial charge < -0.3 is 19.9 Å². The van der Waals surface area contributed by atoms with Crippen molar-refractivity contribution in [2.45, 2.75) is 45.6 Å². The highest BCUT2D eigenvalue weighted by Gasteiger charge is 2.46. The monoisotopic (exact) mass is 569 g/mol. The number of hydrogen-bond donors (Lipinski definition) is 2. The first-order valence-electron chi connectivity index (χ1n) is 11.4. The summed E-state index contributed by atoms with van der Waals surface area (Å²) in [7, 11) is 1.25. The third-order valence-corrected chi connectivity index (χ3v) is 7.99. The molecule has 2 aromatic rings. The predicted molar refractivity (Wildman–Crippen MR) is 144 cm³/mol. The maximum absolute atomic E-state index is 13.7. The molecule has 0 bridgehead atoms. The molecule has 1 aliphatic rings. The molecule has 0 atom stereocenters. The van der Waals surface area contributed by atoms with E-state index < -0.39 is 34.8 Å². The minimum atomic E-state index is -1.26. The lowest BCUT2D eigenvalue weighted by Gasteiger charge is -2.45. The van der Waals surface area contributed by atoms with E-state index in [2.05, 4.69) is 20.4 Å². The van der Waals surface area contributed by atoms with Crippen molar-refractivity contribution in [1.29, 1.82) is 0 Å². The summed E-state index contributed by atoms with van der Waals surface area (Å²) < 4.78 is 4.67. The molecule has 0 saturated carbocycles. The Bertz CT molecular complexity index is 1240. The summed E-state index contributed by atoms with van der Waals surface area (Å²) in [5, 5.41) is 6.64. The number of nitrogens with one attached hydrogen (secondary N) is 2. The summed E-state index contributed by atoms with van der Waals surface area (Å²) in [6.07, 6.45) is 0. The Labute approximate surface area is 229 Å². The Hall–Kier alpha value is -2.89. The second-order valence-electron chi connectivity index (χ2n) is 9.95. The molecule has 200 valence electrons. The molecule has 2 N–H and O–H groups in total. The van der Waals surface area contributed by atoms with Gasteiger partial charge in [0.1, 0.15) is 22.1 Å².